The summed E-state index contributed by atoms with van der Waals surface area (Å²) in [6.45, 7) is 6.16. The van der Waals surface area contributed by atoms with Crippen LogP contribution in [0.1, 0.15) is 74.1 Å². The third-order valence-corrected chi connectivity index (χ3v) is 5.41. The number of aromatic hydroxyl groups is 2. The number of ketones is 3. The molecule has 0 atom stereocenters. The fourth-order valence-corrected chi connectivity index (χ4v) is 3.71. The maximum Gasteiger partial charge on any atom is 0.198 e. The topological polar surface area (TPSA) is 91.7 Å². The van der Waals surface area contributed by atoms with Crippen LogP contribution in [-0.4, -0.2) is 27.6 Å². The van der Waals surface area contributed by atoms with E-state index in [9.17, 15) is 24.6 Å². The van der Waals surface area contributed by atoms with E-state index in [0.717, 1.165) is 11.6 Å². The van der Waals surface area contributed by atoms with Crippen molar-refractivity contribution in [1.29, 1.82) is 0 Å². The molecule has 2 N–H and O–H groups in total. The minimum Gasteiger partial charge on any atom is -0.507 e. The fourth-order valence-electron chi connectivity index (χ4n) is 3.71. The van der Waals surface area contributed by atoms with Crippen molar-refractivity contribution in [1.82, 2.24) is 0 Å². The van der Waals surface area contributed by atoms with E-state index in [-0.39, 0.29) is 33.2 Å². The summed E-state index contributed by atoms with van der Waals surface area (Å²) in [6.07, 6.45) is 0. The summed E-state index contributed by atoms with van der Waals surface area (Å²) in [5, 5.41) is 21.3. The molecule has 0 bridgehead atoms. The predicted octanol–water partition coefficient (Wildman–Crippen LogP) is 4.40. The van der Waals surface area contributed by atoms with Gasteiger partial charge >= 0.3 is 0 Å². The van der Waals surface area contributed by atoms with Gasteiger partial charge in [0.1, 0.15) is 11.5 Å². The molecule has 1 aliphatic carbocycles. The molecular weight excluding hydrogens is 380 g/mol. The van der Waals surface area contributed by atoms with E-state index in [1.165, 1.54) is 12.1 Å². The summed E-state index contributed by atoms with van der Waals surface area (Å²) < 4.78 is 0. The van der Waals surface area contributed by atoms with Crippen molar-refractivity contribution < 1.29 is 24.6 Å². The third kappa shape index (κ3) is 2.90. The second-order valence-electron chi connectivity index (χ2n) is 8.40. The Balaban J connectivity index is 1.84. The van der Waals surface area contributed by atoms with Gasteiger partial charge in [0.25, 0.3) is 0 Å². The van der Waals surface area contributed by atoms with Crippen molar-refractivity contribution in [3.63, 3.8) is 0 Å². The average Bonchev–Trinajstić information content (AvgIpc) is 2.72. The van der Waals surface area contributed by atoms with E-state index >= 15 is 0 Å². The number of phenols is 2. The SMILES string of the molecule is CC(C)(C)c1ccc(C(=O)c2cc(O)c3c(c2O)C(=O)c2ccccc2C3=O)cc1. The molecule has 5 nitrogen and oxygen atoms in total. The highest BCUT2D eigenvalue weighted by Crippen LogP contribution is 2.40. The molecule has 3 aromatic rings. The van der Waals surface area contributed by atoms with Crippen LogP contribution in [0.25, 0.3) is 0 Å². The normalized spacial score (nSPS) is 13.0. The van der Waals surface area contributed by atoms with Crippen LogP contribution in [-0.2, 0) is 5.41 Å². The first-order chi connectivity index (χ1) is 14.1. The monoisotopic (exact) mass is 400 g/mol. The van der Waals surface area contributed by atoms with Gasteiger partial charge in [0, 0.05) is 16.7 Å². The molecule has 0 fully saturated rings. The predicted molar refractivity (Wildman–Crippen MR) is 112 cm³/mol. The van der Waals surface area contributed by atoms with Gasteiger partial charge < -0.3 is 10.2 Å². The minimum atomic E-state index is -0.606. The van der Waals surface area contributed by atoms with E-state index in [1.54, 1.807) is 24.3 Å². The molecule has 4 rings (SSSR count). The Hall–Kier alpha value is -3.73. The highest BCUT2D eigenvalue weighted by Gasteiger charge is 2.36. The molecule has 0 heterocycles. The lowest BCUT2D eigenvalue weighted by Crippen LogP contribution is -2.22. The average molecular weight is 400 g/mol. The van der Waals surface area contributed by atoms with Crippen LogP contribution < -0.4 is 0 Å². The van der Waals surface area contributed by atoms with Crippen LogP contribution in [0.3, 0.4) is 0 Å². The molecule has 0 aromatic heterocycles. The van der Waals surface area contributed by atoms with Crippen LogP contribution in [0.15, 0.2) is 54.6 Å². The van der Waals surface area contributed by atoms with E-state index < -0.39 is 28.8 Å². The lowest BCUT2D eigenvalue weighted by molar-refractivity contribution is 0.0972. The van der Waals surface area contributed by atoms with Gasteiger partial charge in [-0.15, -0.1) is 0 Å². The second kappa shape index (κ2) is 6.66. The summed E-state index contributed by atoms with van der Waals surface area (Å²) in [6, 6.07) is 14.2. The summed E-state index contributed by atoms with van der Waals surface area (Å²) in [7, 11) is 0. The summed E-state index contributed by atoms with van der Waals surface area (Å²) in [4.78, 5) is 38.8. The molecule has 0 radical (unpaired) electrons. The van der Waals surface area contributed by atoms with Crippen LogP contribution in [0.4, 0.5) is 0 Å². The molecule has 150 valence electrons. The van der Waals surface area contributed by atoms with Crippen molar-refractivity contribution >= 4 is 17.3 Å². The zero-order chi connectivity index (χ0) is 21.8. The first-order valence-corrected chi connectivity index (χ1v) is 9.54. The molecule has 0 aliphatic heterocycles. The standard InChI is InChI=1S/C25H20O5/c1-25(2,3)14-10-8-13(9-11-14)21(27)17-12-18(26)19-20(24(17)30)23(29)16-7-5-4-6-15(16)22(19)28/h4-12,26,30H,1-3H3. The van der Waals surface area contributed by atoms with E-state index in [1.807, 2.05) is 12.1 Å². The number of rotatable bonds is 2. The molecule has 1 aliphatic rings. The van der Waals surface area contributed by atoms with Gasteiger partial charge in [0.2, 0.25) is 0 Å². The molecule has 3 aromatic carbocycles. The Morgan fingerprint density at radius 3 is 1.87 bits per heavy atom. The number of fused-ring (bicyclic) bond motifs is 2. The van der Waals surface area contributed by atoms with Gasteiger partial charge in [0.15, 0.2) is 17.3 Å². The largest absolute Gasteiger partial charge is 0.507 e. The Labute approximate surface area is 173 Å². The third-order valence-electron chi connectivity index (χ3n) is 5.41. The van der Waals surface area contributed by atoms with Crippen molar-refractivity contribution in [2.24, 2.45) is 0 Å². The lowest BCUT2D eigenvalue weighted by Gasteiger charge is -2.21. The van der Waals surface area contributed by atoms with Crippen molar-refractivity contribution in [2.75, 3.05) is 0 Å². The molecule has 0 unspecified atom stereocenters. The van der Waals surface area contributed by atoms with Crippen LogP contribution in [0.5, 0.6) is 11.5 Å². The van der Waals surface area contributed by atoms with Crippen LogP contribution in [0, 0.1) is 0 Å². The Kier molecular flexibility index (Phi) is 4.35. The maximum atomic E-state index is 13.0. The molecule has 0 amide bonds. The number of carbonyl (C=O) groups excluding carboxylic acids is 3. The smallest absolute Gasteiger partial charge is 0.198 e. The van der Waals surface area contributed by atoms with Gasteiger partial charge in [-0.3, -0.25) is 14.4 Å². The number of benzene rings is 3. The molecule has 0 saturated carbocycles. The summed E-state index contributed by atoms with van der Waals surface area (Å²) >= 11 is 0. The van der Waals surface area contributed by atoms with E-state index in [0.29, 0.717) is 5.56 Å². The first-order valence-electron chi connectivity index (χ1n) is 9.54. The van der Waals surface area contributed by atoms with Crippen molar-refractivity contribution in [3.8, 4) is 11.5 Å². The van der Waals surface area contributed by atoms with Gasteiger partial charge in [0.05, 0.1) is 16.7 Å². The Morgan fingerprint density at radius 1 is 0.800 bits per heavy atom. The van der Waals surface area contributed by atoms with Gasteiger partial charge in [-0.25, -0.2) is 0 Å². The molecule has 5 heteroatoms. The van der Waals surface area contributed by atoms with Gasteiger partial charge in [-0.1, -0.05) is 69.3 Å². The fraction of sp³-hybridized carbons (Fsp3) is 0.160. The zero-order valence-electron chi connectivity index (χ0n) is 16.8. The molecule has 0 spiro atoms. The van der Waals surface area contributed by atoms with Gasteiger partial charge in [-0.05, 0) is 17.0 Å². The highest BCUT2D eigenvalue weighted by molar-refractivity contribution is 6.31. The molecular formula is C25H20O5. The summed E-state index contributed by atoms with van der Waals surface area (Å²) in [5.41, 5.74) is 0.681. The first kappa shape index (κ1) is 19.6. The quantitative estimate of drug-likeness (QED) is 0.384. The Morgan fingerprint density at radius 2 is 1.33 bits per heavy atom. The van der Waals surface area contributed by atoms with Crippen LogP contribution >= 0.6 is 0 Å². The number of carbonyl (C=O) groups is 3. The number of hydrogen-bond acceptors (Lipinski definition) is 5. The maximum absolute atomic E-state index is 13.0. The number of hydrogen-bond donors (Lipinski definition) is 2. The molecule has 30 heavy (non-hydrogen) atoms. The van der Waals surface area contributed by atoms with Crippen molar-refractivity contribution in [3.05, 3.63) is 93.5 Å². The molecule has 0 saturated heterocycles. The Bertz CT molecular complexity index is 1230. The van der Waals surface area contributed by atoms with Gasteiger partial charge in [-0.2, -0.15) is 0 Å². The number of phenolic OH excluding ortho intramolecular Hbond substituents is 2. The van der Waals surface area contributed by atoms with Crippen molar-refractivity contribution in [2.45, 2.75) is 26.2 Å². The second-order valence-corrected chi connectivity index (χ2v) is 8.40. The highest BCUT2D eigenvalue weighted by atomic mass is 16.3. The zero-order valence-corrected chi connectivity index (χ0v) is 16.8. The van der Waals surface area contributed by atoms with E-state index in [2.05, 4.69) is 20.8 Å². The van der Waals surface area contributed by atoms with Crippen LogP contribution in [0.2, 0.25) is 0 Å². The lowest BCUT2D eigenvalue weighted by atomic mass is 9.81. The van der Waals surface area contributed by atoms with E-state index in [4.69, 9.17) is 0 Å². The summed E-state index contributed by atoms with van der Waals surface area (Å²) in [5.74, 6) is -2.83. The minimum absolute atomic E-state index is 0.0893.